The van der Waals surface area contributed by atoms with E-state index in [4.69, 9.17) is 4.74 Å². The number of carbonyl (C=O) groups excluding carboxylic acids is 1. The zero-order chi connectivity index (χ0) is 9.97. The number of hydrogen-bond donors (Lipinski definition) is 0. The van der Waals surface area contributed by atoms with Gasteiger partial charge in [0.05, 0.1) is 19.3 Å². The number of hydrogen-bond acceptors (Lipinski definition) is 2. The SMILES string of the molecule is CN(C(=O)c1ccccc1)C1COC1. The second-order valence-corrected chi connectivity index (χ2v) is 3.47. The van der Waals surface area contributed by atoms with Crippen LogP contribution >= 0.6 is 0 Å². The molecule has 14 heavy (non-hydrogen) atoms. The zero-order valence-electron chi connectivity index (χ0n) is 8.14. The van der Waals surface area contributed by atoms with Crippen molar-refractivity contribution < 1.29 is 9.53 Å². The van der Waals surface area contributed by atoms with Gasteiger partial charge in [-0.3, -0.25) is 4.79 Å². The summed E-state index contributed by atoms with van der Waals surface area (Å²) < 4.78 is 5.05. The molecule has 0 aliphatic carbocycles. The molecule has 1 saturated heterocycles. The highest BCUT2D eigenvalue weighted by molar-refractivity contribution is 5.94. The number of ether oxygens (including phenoxy) is 1. The molecule has 0 aromatic heterocycles. The average Bonchev–Trinajstić information content (AvgIpc) is 2.15. The molecule has 1 heterocycles. The minimum absolute atomic E-state index is 0.0684. The normalized spacial score (nSPS) is 16.1. The van der Waals surface area contributed by atoms with Crippen molar-refractivity contribution in [2.75, 3.05) is 20.3 Å². The summed E-state index contributed by atoms with van der Waals surface area (Å²) in [6.45, 7) is 1.32. The first-order valence-corrected chi connectivity index (χ1v) is 4.69. The van der Waals surface area contributed by atoms with Crippen molar-refractivity contribution in [1.82, 2.24) is 4.90 Å². The van der Waals surface area contributed by atoms with Crippen LogP contribution in [0.2, 0.25) is 0 Å². The molecule has 1 aromatic rings. The van der Waals surface area contributed by atoms with E-state index in [9.17, 15) is 4.79 Å². The van der Waals surface area contributed by atoms with E-state index in [1.54, 1.807) is 4.90 Å². The van der Waals surface area contributed by atoms with E-state index in [0.717, 1.165) is 5.56 Å². The molecular weight excluding hydrogens is 178 g/mol. The monoisotopic (exact) mass is 191 g/mol. The molecule has 3 nitrogen and oxygen atoms in total. The number of rotatable bonds is 2. The molecule has 1 amide bonds. The van der Waals surface area contributed by atoms with Crippen LogP contribution in [0.3, 0.4) is 0 Å². The van der Waals surface area contributed by atoms with Crippen LogP contribution in [0.5, 0.6) is 0 Å². The largest absolute Gasteiger partial charge is 0.377 e. The van der Waals surface area contributed by atoms with Gasteiger partial charge in [0.2, 0.25) is 0 Å². The van der Waals surface area contributed by atoms with Crippen LogP contribution in [-0.4, -0.2) is 37.1 Å². The average molecular weight is 191 g/mol. The molecule has 1 aliphatic heterocycles. The number of nitrogens with zero attached hydrogens (tertiary/aromatic N) is 1. The van der Waals surface area contributed by atoms with Crippen molar-refractivity contribution >= 4 is 5.91 Å². The van der Waals surface area contributed by atoms with Gasteiger partial charge in [0, 0.05) is 12.6 Å². The molecule has 0 unspecified atom stereocenters. The Morgan fingerprint density at radius 2 is 2.00 bits per heavy atom. The van der Waals surface area contributed by atoms with Crippen LogP contribution < -0.4 is 0 Å². The molecule has 0 bridgehead atoms. The molecule has 0 saturated carbocycles. The number of benzene rings is 1. The van der Waals surface area contributed by atoms with Crippen molar-refractivity contribution in [2.45, 2.75) is 6.04 Å². The van der Waals surface area contributed by atoms with Crippen molar-refractivity contribution in [3.8, 4) is 0 Å². The topological polar surface area (TPSA) is 29.5 Å². The maximum atomic E-state index is 11.8. The lowest BCUT2D eigenvalue weighted by Gasteiger charge is -2.34. The van der Waals surface area contributed by atoms with Crippen molar-refractivity contribution in [3.63, 3.8) is 0 Å². The number of carbonyl (C=O) groups is 1. The van der Waals surface area contributed by atoms with E-state index in [-0.39, 0.29) is 11.9 Å². The summed E-state index contributed by atoms with van der Waals surface area (Å²) in [5.41, 5.74) is 0.738. The predicted molar refractivity (Wildman–Crippen MR) is 53.1 cm³/mol. The van der Waals surface area contributed by atoms with E-state index in [2.05, 4.69) is 0 Å². The second kappa shape index (κ2) is 3.80. The third kappa shape index (κ3) is 1.63. The quantitative estimate of drug-likeness (QED) is 0.702. The van der Waals surface area contributed by atoms with Gasteiger partial charge in [-0.2, -0.15) is 0 Å². The minimum atomic E-state index is 0.0684. The summed E-state index contributed by atoms with van der Waals surface area (Å²) in [5.74, 6) is 0.0684. The highest BCUT2D eigenvalue weighted by Gasteiger charge is 2.26. The highest BCUT2D eigenvalue weighted by atomic mass is 16.5. The Morgan fingerprint density at radius 3 is 2.50 bits per heavy atom. The van der Waals surface area contributed by atoms with Gasteiger partial charge < -0.3 is 9.64 Å². The van der Waals surface area contributed by atoms with Gasteiger partial charge >= 0.3 is 0 Å². The lowest BCUT2D eigenvalue weighted by molar-refractivity contribution is -0.0467. The Bertz CT molecular complexity index is 319. The molecule has 1 aromatic carbocycles. The van der Waals surface area contributed by atoms with Crippen molar-refractivity contribution in [2.24, 2.45) is 0 Å². The summed E-state index contributed by atoms with van der Waals surface area (Å²) >= 11 is 0. The van der Waals surface area contributed by atoms with Gasteiger partial charge in [-0.05, 0) is 12.1 Å². The Labute approximate surface area is 83.3 Å². The van der Waals surface area contributed by atoms with Gasteiger partial charge in [-0.1, -0.05) is 18.2 Å². The molecule has 0 atom stereocenters. The molecular formula is C11H13NO2. The molecule has 2 rings (SSSR count). The summed E-state index contributed by atoms with van der Waals surface area (Å²) in [6, 6.07) is 9.57. The molecule has 74 valence electrons. The molecule has 0 N–H and O–H groups in total. The van der Waals surface area contributed by atoms with Crippen LogP contribution in [0.15, 0.2) is 30.3 Å². The van der Waals surface area contributed by atoms with Crippen LogP contribution in [0.25, 0.3) is 0 Å². The van der Waals surface area contributed by atoms with Gasteiger partial charge in [0.1, 0.15) is 0 Å². The molecule has 1 aliphatic rings. The Hall–Kier alpha value is -1.35. The second-order valence-electron chi connectivity index (χ2n) is 3.47. The van der Waals surface area contributed by atoms with E-state index in [0.29, 0.717) is 13.2 Å². The van der Waals surface area contributed by atoms with E-state index >= 15 is 0 Å². The zero-order valence-corrected chi connectivity index (χ0v) is 8.14. The summed E-state index contributed by atoms with van der Waals surface area (Å²) in [7, 11) is 1.82. The fourth-order valence-electron chi connectivity index (χ4n) is 1.40. The Balaban J connectivity index is 2.07. The van der Waals surface area contributed by atoms with Gasteiger partial charge in [-0.25, -0.2) is 0 Å². The number of likely N-dealkylation sites (N-methyl/N-ethyl adjacent to an activating group) is 1. The molecule has 0 spiro atoms. The fourth-order valence-corrected chi connectivity index (χ4v) is 1.40. The smallest absolute Gasteiger partial charge is 0.254 e. The van der Waals surface area contributed by atoms with Gasteiger partial charge in [-0.15, -0.1) is 0 Å². The Kier molecular flexibility index (Phi) is 2.50. The maximum Gasteiger partial charge on any atom is 0.254 e. The highest BCUT2D eigenvalue weighted by Crippen LogP contribution is 2.12. The predicted octanol–water partition coefficient (Wildman–Crippen LogP) is 1.16. The van der Waals surface area contributed by atoms with Crippen LogP contribution in [0.4, 0.5) is 0 Å². The lowest BCUT2D eigenvalue weighted by atomic mass is 10.1. The maximum absolute atomic E-state index is 11.8. The first kappa shape index (κ1) is 9.21. The lowest BCUT2D eigenvalue weighted by Crippen LogP contribution is -2.49. The first-order chi connectivity index (χ1) is 6.79. The fraction of sp³-hybridized carbons (Fsp3) is 0.364. The third-order valence-corrected chi connectivity index (χ3v) is 2.51. The molecule has 1 fully saturated rings. The summed E-state index contributed by atoms with van der Waals surface area (Å²) in [5, 5.41) is 0. The molecule has 0 radical (unpaired) electrons. The van der Waals surface area contributed by atoms with Crippen molar-refractivity contribution in [1.29, 1.82) is 0 Å². The summed E-state index contributed by atoms with van der Waals surface area (Å²) in [6.07, 6.45) is 0. The van der Waals surface area contributed by atoms with E-state index in [1.807, 2.05) is 37.4 Å². The van der Waals surface area contributed by atoms with Crippen LogP contribution in [0, 0.1) is 0 Å². The minimum Gasteiger partial charge on any atom is -0.377 e. The van der Waals surface area contributed by atoms with Crippen molar-refractivity contribution in [3.05, 3.63) is 35.9 Å². The standard InChI is InChI=1S/C11H13NO2/c1-12(10-7-14-8-10)11(13)9-5-3-2-4-6-9/h2-6,10H,7-8H2,1H3. The van der Waals surface area contributed by atoms with E-state index in [1.165, 1.54) is 0 Å². The van der Waals surface area contributed by atoms with Crippen LogP contribution in [-0.2, 0) is 4.74 Å². The first-order valence-electron chi connectivity index (χ1n) is 4.69. The third-order valence-electron chi connectivity index (χ3n) is 2.51. The molecule has 3 heteroatoms. The van der Waals surface area contributed by atoms with E-state index < -0.39 is 0 Å². The Morgan fingerprint density at radius 1 is 1.36 bits per heavy atom. The van der Waals surface area contributed by atoms with Crippen LogP contribution in [0.1, 0.15) is 10.4 Å². The van der Waals surface area contributed by atoms with Gasteiger partial charge in [0.15, 0.2) is 0 Å². The van der Waals surface area contributed by atoms with Gasteiger partial charge in [0.25, 0.3) is 5.91 Å². The number of amides is 1. The summed E-state index contributed by atoms with van der Waals surface area (Å²) in [4.78, 5) is 13.6.